The Bertz CT molecular complexity index is 917. The molecule has 4 N–H and O–H groups in total. The third-order valence-electron chi connectivity index (χ3n) is 4.18. The van der Waals surface area contributed by atoms with Crippen LogP contribution in [0.4, 0.5) is 0 Å². The third kappa shape index (κ3) is 6.90. The molecule has 0 saturated carbocycles. The summed E-state index contributed by atoms with van der Waals surface area (Å²) in [6, 6.07) is 12.1. The van der Waals surface area contributed by atoms with E-state index in [-0.39, 0.29) is 10.8 Å². The zero-order valence-electron chi connectivity index (χ0n) is 15.9. The highest BCUT2D eigenvalue weighted by molar-refractivity contribution is 9.10. The predicted molar refractivity (Wildman–Crippen MR) is 111 cm³/mol. The second-order valence-electron chi connectivity index (χ2n) is 6.56. The molecular weight excluding hydrogens is 446 g/mol. The molecule has 0 spiro atoms. The van der Waals surface area contributed by atoms with E-state index in [9.17, 15) is 13.2 Å². The number of carbonyl (C=O) groups is 1. The van der Waals surface area contributed by atoms with Gasteiger partial charge >= 0.3 is 0 Å². The van der Waals surface area contributed by atoms with Crippen molar-refractivity contribution in [3.8, 4) is 5.75 Å². The van der Waals surface area contributed by atoms with Crippen molar-refractivity contribution in [3.63, 3.8) is 0 Å². The van der Waals surface area contributed by atoms with Crippen LogP contribution in [-0.2, 0) is 27.8 Å². The summed E-state index contributed by atoms with van der Waals surface area (Å²) < 4.78 is 28.8. The number of methoxy groups -OCH3 is 1. The van der Waals surface area contributed by atoms with Crippen LogP contribution in [0.2, 0.25) is 0 Å². The van der Waals surface area contributed by atoms with Gasteiger partial charge in [-0.1, -0.05) is 28.1 Å². The highest BCUT2D eigenvalue weighted by Gasteiger charge is 2.14. The van der Waals surface area contributed by atoms with E-state index in [1.54, 1.807) is 19.2 Å². The van der Waals surface area contributed by atoms with E-state index in [2.05, 4.69) is 21.2 Å². The number of carbonyl (C=O) groups excluding carboxylic acids is 1. The van der Waals surface area contributed by atoms with Gasteiger partial charge in [0.2, 0.25) is 10.0 Å². The van der Waals surface area contributed by atoms with Crippen LogP contribution in [0.5, 0.6) is 5.75 Å². The molecule has 0 aliphatic heterocycles. The summed E-state index contributed by atoms with van der Waals surface area (Å²) in [5.41, 5.74) is 1.95. The van der Waals surface area contributed by atoms with Crippen LogP contribution in [0.25, 0.3) is 0 Å². The van der Waals surface area contributed by atoms with Crippen molar-refractivity contribution in [2.45, 2.75) is 17.9 Å². The molecule has 2 aromatic carbocycles. The van der Waals surface area contributed by atoms with Crippen LogP contribution in [0.15, 0.2) is 51.8 Å². The number of primary sulfonamides is 1. The van der Waals surface area contributed by atoms with E-state index in [4.69, 9.17) is 9.88 Å². The Labute approximate surface area is 174 Å². The van der Waals surface area contributed by atoms with Crippen LogP contribution in [-0.4, -0.2) is 41.6 Å². The van der Waals surface area contributed by atoms with Crippen LogP contribution >= 0.6 is 15.9 Å². The normalized spacial score (nSPS) is 12.4. The number of halogens is 1. The fraction of sp³-hybridized carbons (Fsp3) is 0.316. The van der Waals surface area contributed by atoms with E-state index in [1.807, 2.05) is 25.2 Å². The van der Waals surface area contributed by atoms with E-state index in [0.717, 1.165) is 26.2 Å². The number of nitrogens with one attached hydrogen (secondary N) is 2. The Morgan fingerprint density at radius 3 is 2.50 bits per heavy atom. The SMILES string of the molecule is COc1ccc(Br)cc1C[NH+](C)CC(=O)NCCc1ccc(S(N)(=O)=O)cc1. The van der Waals surface area contributed by atoms with Gasteiger partial charge in [0.25, 0.3) is 5.91 Å². The van der Waals surface area contributed by atoms with Crippen molar-refractivity contribution in [2.24, 2.45) is 5.14 Å². The Balaban J connectivity index is 1.80. The number of hydrogen-bond acceptors (Lipinski definition) is 4. The van der Waals surface area contributed by atoms with Crippen molar-refractivity contribution >= 4 is 31.9 Å². The van der Waals surface area contributed by atoms with Gasteiger partial charge in [-0.2, -0.15) is 0 Å². The Kier molecular flexibility index (Phi) is 7.99. The zero-order chi connectivity index (χ0) is 20.7. The van der Waals surface area contributed by atoms with Crippen molar-refractivity contribution in [1.29, 1.82) is 0 Å². The van der Waals surface area contributed by atoms with Gasteiger partial charge in [0.1, 0.15) is 12.3 Å². The van der Waals surface area contributed by atoms with Crippen molar-refractivity contribution in [1.82, 2.24) is 5.32 Å². The van der Waals surface area contributed by atoms with Crippen molar-refractivity contribution in [3.05, 3.63) is 58.1 Å². The average Bonchev–Trinajstić information content (AvgIpc) is 2.61. The van der Waals surface area contributed by atoms with Crippen LogP contribution in [0.3, 0.4) is 0 Å². The topological polar surface area (TPSA) is 103 Å². The quantitative estimate of drug-likeness (QED) is 0.495. The first-order valence-electron chi connectivity index (χ1n) is 8.71. The van der Waals surface area contributed by atoms with Gasteiger partial charge in [-0.15, -0.1) is 0 Å². The molecule has 0 fully saturated rings. The summed E-state index contributed by atoms with van der Waals surface area (Å²) >= 11 is 3.45. The lowest BCUT2D eigenvalue weighted by atomic mass is 10.1. The minimum atomic E-state index is -3.69. The Morgan fingerprint density at radius 2 is 1.89 bits per heavy atom. The van der Waals surface area contributed by atoms with Gasteiger partial charge in [0.15, 0.2) is 6.54 Å². The number of quaternary nitrogens is 1. The third-order valence-corrected chi connectivity index (χ3v) is 5.61. The van der Waals surface area contributed by atoms with Crippen LogP contribution in [0, 0.1) is 0 Å². The fourth-order valence-electron chi connectivity index (χ4n) is 2.80. The smallest absolute Gasteiger partial charge is 0.275 e. The van der Waals surface area contributed by atoms with E-state index in [1.165, 1.54) is 12.1 Å². The number of nitrogens with two attached hydrogens (primary N) is 1. The lowest BCUT2D eigenvalue weighted by Gasteiger charge is -2.16. The maximum Gasteiger partial charge on any atom is 0.275 e. The van der Waals surface area contributed by atoms with Crippen LogP contribution < -0.4 is 20.1 Å². The molecule has 0 bridgehead atoms. The predicted octanol–water partition coefficient (Wildman–Crippen LogP) is 0.479. The molecule has 7 nitrogen and oxygen atoms in total. The van der Waals surface area contributed by atoms with Gasteiger partial charge < -0.3 is 15.0 Å². The summed E-state index contributed by atoms with van der Waals surface area (Å²) in [6.45, 7) is 1.46. The lowest BCUT2D eigenvalue weighted by Crippen LogP contribution is -3.08. The summed E-state index contributed by atoms with van der Waals surface area (Å²) in [6.07, 6.45) is 0.606. The van der Waals surface area contributed by atoms with Gasteiger partial charge in [-0.3, -0.25) is 4.79 Å². The van der Waals surface area contributed by atoms with E-state index < -0.39 is 10.0 Å². The maximum absolute atomic E-state index is 12.2. The maximum atomic E-state index is 12.2. The van der Waals surface area contributed by atoms with E-state index in [0.29, 0.717) is 26.1 Å². The molecule has 1 atom stereocenters. The van der Waals surface area contributed by atoms with Crippen molar-refractivity contribution in [2.75, 3.05) is 27.2 Å². The molecule has 0 aromatic heterocycles. The monoisotopic (exact) mass is 470 g/mol. The molecular formula is C19H25BrN3O4S+. The molecule has 0 radical (unpaired) electrons. The molecule has 0 aliphatic carbocycles. The van der Waals surface area contributed by atoms with Gasteiger partial charge in [-0.05, 0) is 42.3 Å². The molecule has 0 saturated heterocycles. The first-order chi connectivity index (χ1) is 13.2. The number of rotatable bonds is 9. The van der Waals surface area contributed by atoms with Crippen molar-refractivity contribution < 1.29 is 22.8 Å². The standard InChI is InChI=1S/C19H24BrN3O4S/c1-23(12-15-11-16(20)5-8-18(15)27-2)13-19(24)22-10-9-14-3-6-17(7-4-14)28(21,25)26/h3-8,11H,9-10,12-13H2,1-2H3,(H,22,24)(H2,21,25,26)/p+1. The Morgan fingerprint density at radius 1 is 1.21 bits per heavy atom. The number of benzene rings is 2. The molecule has 28 heavy (non-hydrogen) atoms. The average molecular weight is 471 g/mol. The van der Waals surface area contributed by atoms with Crippen LogP contribution in [0.1, 0.15) is 11.1 Å². The number of amides is 1. The molecule has 1 amide bonds. The number of hydrogen-bond donors (Lipinski definition) is 3. The second kappa shape index (κ2) is 10.0. The molecule has 9 heteroatoms. The molecule has 0 heterocycles. The fourth-order valence-corrected chi connectivity index (χ4v) is 3.73. The molecule has 0 aliphatic rings. The molecule has 1 unspecified atom stereocenters. The summed E-state index contributed by atoms with van der Waals surface area (Å²) in [4.78, 5) is 13.3. The summed E-state index contributed by atoms with van der Waals surface area (Å²) in [5.74, 6) is 0.749. The largest absolute Gasteiger partial charge is 0.496 e. The van der Waals surface area contributed by atoms with Gasteiger partial charge in [0, 0.05) is 16.6 Å². The molecule has 152 valence electrons. The highest BCUT2D eigenvalue weighted by Crippen LogP contribution is 2.22. The molecule has 2 aromatic rings. The summed E-state index contributed by atoms with van der Waals surface area (Å²) in [7, 11) is -0.106. The number of likely N-dealkylation sites (N-methyl/N-ethyl adjacent to an activating group) is 1. The molecule has 2 rings (SSSR count). The minimum absolute atomic E-state index is 0.0485. The highest BCUT2D eigenvalue weighted by atomic mass is 79.9. The first-order valence-corrected chi connectivity index (χ1v) is 11.0. The van der Waals surface area contributed by atoms with Gasteiger partial charge in [-0.25, -0.2) is 13.6 Å². The van der Waals surface area contributed by atoms with Gasteiger partial charge in [0.05, 0.1) is 19.1 Å². The lowest BCUT2D eigenvalue weighted by molar-refractivity contribution is -0.885. The first kappa shape index (κ1) is 22.4. The minimum Gasteiger partial charge on any atom is -0.496 e. The zero-order valence-corrected chi connectivity index (χ0v) is 18.3. The number of ether oxygens (including phenoxy) is 1. The second-order valence-corrected chi connectivity index (χ2v) is 9.03. The summed E-state index contributed by atoms with van der Waals surface area (Å²) in [5, 5.41) is 7.97. The van der Waals surface area contributed by atoms with E-state index >= 15 is 0 Å². The number of sulfonamides is 1. The Hall–Kier alpha value is -1.94.